The van der Waals surface area contributed by atoms with Crippen molar-refractivity contribution in [1.82, 2.24) is 0 Å². The monoisotopic (exact) mass is 259 g/mol. The van der Waals surface area contributed by atoms with Gasteiger partial charge < -0.3 is 4.74 Å². The standard InChI is InChI=1S/C18H13NO/c1-20-15-10-9-13-6-4-8-17(18(13)11-15)16-7-3-2-5-14(16)12-19/h2-11H,1H3. The molecule has 2 heteroatoms. The third-order valence-corrected chi connectivity index (χ3v) is 3.43. The summed E-state index contributed by atoms with van der Waals surface area (Å²) in [5.41, 5.74) is 2.69. The van der Waals surface area contributed by atoms with Crippen LogP contribution in [0.2, 0.25) is 0 Å². The molecular formula is C18H13NO. The summed E-state index contributed by atoms with van der Waals surface area (Å²) in [6.07, 6.45) is 0. The summed E-state index contributed by atoms with van der Waals surface area (Å²) in [7, 11) is 1.66. The van der Waals surface area contributed by atoms with Crippen LogP contribution in [-0.4, -0.2) is 7.11 Å². The van der Waals surface area contributed by atoms with Gasteiger partial charge in [0.15, 0.2) is 0 Å². The van der Waals surface area contributed by atoms with Crippen LogP contribution in [0.1, 0.15) is 5.56 Å². The molecular weight excluding hydrogens is 246 g/mol. The Morgan fingerprint density at radius 2 is 1.70 bits per heavy atom. The van der Waals surface area contributed by atoms with Gasteiger partial charge in [-0.3, -0.25) is 0 Å². The molecule has 0 aromatic heterocycles. The number of methoxy groups -OCH3 is 1. The maximum atomic E-state index is 9.28. The minimum Gasteiger partial charge on any atom is -0.497 e. The molecule has 0 fully saturated rings. The molecule has 0 amide bonds. The molecule has 0 atom stereocenters. The van der Waals surface area contributed by atoms with Gasteiger partial charge in [-0.15, -0.1) is 0 Å². The molecule has 0 saturated heterocycles. The Labute approximate surface area is 117 Å². The Hall–Kier alpha value is -2.79. The Morgan fingerprint density at radius 1 is 0.900 bits per heavy atom. The predicted octanol–water partition coefficient (Wildman–Crippen LogP) is 4.39. The molecule has 0 bridgehead atoms. The smallest absolute Gasteiger partial charge is 0.119 e. The molecule has 0 aliphatic heterocycles. The van der Waals surface area contributed by atoms with Crippen LogP contribution in [-0.2, 0) is 0 Å². The van der Waals surface area contributed by atoms with Crippen molar-refractivity contribution < 1.29 is 4.74 Å². The van der Waals surface area contributed by atoms with Crippen LogP contribution in [0.5, 0.6) is 5.75 Å². The van der Waals surface area contributed by atoms with Crippen LogP contribution < -0.4 is 4.74 Å². The topological polar surface area (TPSA) is 33.0 Å². The van der Waals surface area contributed by atoms with Crippen LogP contribution in [0.25, 0.3) is 21.9 Å². The molecule has 0 spiro atoms. The number of nitrogens with zero attached hydrogens (tertiary/aromatic N) is 1. The van der Waals surface area contributed by atoms with Crippen LogP contribution in [0.4, 0.5) is 0 Å². The van der Waals surface area contributed by atoms with Gasteiger partial charge in [-0.1, -0.05) is 42.5 Å². The maximum absolute atomic E-state index is 9.28. The van der Waals surface area contributed by atoms with Crippen molar-refractivity contribution in [2.75, 3.05) is 7.11 Å². The van der Waals surface area contributed by atoms with E-state index in [1.165, 1.54) is 0 Å². The molecule has 20 heavy (non-hydrogen) atoms. The molecule has 0 unspecified atom stereocenters. The third-order valence-electron chi connectivity index (χ3n) is 3.43. The van der Waals surface area contributed by atoms with E-state index in [4.69, 9.17) is 4.74 Å². The molecule has 0 saturated carbocycles. The van der Waals surface area contributed by atoms with Crippen molar-refractivity contribution in [2.24, 2.45) is 0 Å². The Bertz CT molecular complexity index is 815. The van der Waals surface area contributed by atoms with Gasteiger partial charge in [0.05, 0.1) is 18.7 Å². The second kappa shape index (κ2) is 5.07. The number of nitriles is 1. The Kier molecular flexibility index (Phi) is 3.10. The molecule has 0 N–H and O–H groups in total. The fourth-order valence-corrected chi connectivity index (χ4v) is 2.43. The molecule has 0 aliphatic carbocycles. The first-order valence-electron chi connectivity index (χ1n) is 6.40. The van der Waals surface area contributed by atoms with Crippen LogP contribution in [0.15, 0.2) is 60.7 Å². The number of benzene rings is 3. The molecule has 0 heterocycles. The summed E-state index contributed by atoms with van der Waals surface area (Å²) in [6, 6.07) is 22.0. The first kappa shape index (κ1) is 12.3. The van der Waals surface area contributed by atoms with Crippen LogP contribution >= 0.6 is 0 Å². The largest absolute Gasteiger partial charge is 0.497 e. The lowest BCUT2D eigenvalue weighted by Crippen LogP contribution is -1.87. The fraction of sp³-hybridized carbons (Fsp3) is 0.0556. The van der Waals surface area contributed by atoms with Crippen molar-refractivity contribution in [1.29, 1.82) is 5.26 Å². The summed E-state index contributed by atoms with van der Waals surface area (Å²) in [6.45, 7) is 0. The van der Waals surface area contributed by atoms with Gasteiger partial charge >= 0.3 is 0 Å². The summed E-state index contributed by atoms with van der Waals surface area (Å²) in [4.78, 5) is 0. The molecule has 3 aromatic carbocycles. The van der Waals surface area contributed by atoms with Crippen molar-refractivity contribution in [3.8, 4) is 22.9 Å². The van der Waals surface area contributed by atoms with E-state index in [2.05, 4.69) is 12.1 Å². The van der Waals surface area contributed by atoms with Crippen LogP contribution in [0.3, 0.4) is 0 Å². The van der Waals surface area contributed by atoms with E-state index < -0.39 is 0 Å². The summed E-state index contributed by atoms with van der Waals surface area (Å²) >= 11 is 0. The zero-order chi connectivity index (χ0) is 13.9. The first-order valence-corrected chi connectivity index (χ1v) is 6.40. The van der Waals surface area contributed by atoms with E-state index in [0.717, 1.165) is 27.6 Å². The Morgan fingerprint density at radius 3 is 2.50 bits per heavy atom. The van der Waals surface area contributed by atoms with E-state index >= 15 is 0 Å². The minimum absolute atomic E-state index is 0.683. The average Bonchev–Trinajstić information content (AvgIpc) is 2.53. The van der Waals surface area contributed by atoms with Gasteiger partial charge in [0.1, 0.15) is 5.75 Å². The SMILES string of the molecule is COc1ccc2cccc(-c3ccccc3C#N)c2c1. The van der Waals surface area contributed by atoms with Crippen molar-refractivity contribution in [3.05, 3.63) is 66.2 Å². The lowest BCUT2D eigenvalue weighted by atomic mass is 9.95. The maximum Gasteiger partial charge on any atom is 0.119 e. The Balaban J connectivity index is 2.33. The number of hydrogen-bond donors (Lipinski definition) is 0. The number of fused-ring (bicyclic) bond motifs is 1. The second-order valence-electron chi connectivity index (χ2n) is 4.55. The molecule has 0 aliphatic rings. The van der Waals surface area contributed by atoms with Crippen molar-refractivity contribution >= 4 is 10.8 Å². The predicted molar refractivity (Wildman–Crippen MR) is 80.7 cm³/mol. The van der Waals surface area contributed by atoms with E-state index in [0.29, 0.717) is 5.56 Å². The van der Waals surface area contributed by atoms with Gasteiger partial charge in [0, 0.05) is 5.56 Å². The average molecular weight is 259 g/mol. The summed E-state index contributed by atoms with van der Waals surface area (Å²) in [5, 5.41) is 11.5. The molecule has 96 valence electrons. The number of ether oxygens (including phenoxy) is 1. The lowest BCUT2D eigenvalue weighted by Gasteiger charge is -2.10. The highest BCUT2D eigenvalue weighted by atomic mass is 16.5. The second-order valence-corrected chi connectivity index (χ2v) is 4.55. The normalized spacial score (nSPS) is 10.2. The molecule has 3 rings (SSSR count). The molecule has 3 aromatic rings. The zero-order valence-electron chi connectivity index (χ0n) is 11.1. The molecule has 2 nitrogen and oxygen atoms in total. The highest BCUT2D eigenvalue weighted by Crippen LogP contribution is 2.32. The highest BCUT2D eigenvalue weighted by molar-refractivity contribution is 5.98. The lowest BCUT2D eigenvalue weighted by molar-refractivity contribution is 0.415. The third kappa shape index (κ3) is 2.00. The first-order chi connectivity index (χ1) is 9.83. The summed E-state index contributed by atoms with van der Waals surface area (Å²) < 4.78 is 5.30. The highest BCUT2D eigenvalue weighted by Gasteiger charge is 2.08. The fourth-order valence-electron chi connectivity index (χ4n) is 2.43. The van der Waals surface area contributed by atoms with Crippen LogP contribution in [0, 0.1) is 11.3 Å². The summed E-state index contributed by atoms with van der Waals surface area (Å²) in [5.74, 6) is 0.819. The van der Waals surface area contributed by atoms with E-state index in [1.54, 1.807) is 7.11 Å². The number of hydrogen-bond acceptors (Lipinski definition) is 2. The van der Waals surface area contributed by atoms with Gasteiger partial charge in [-0.2, -0.15) is 5.26 Å². The van der Waals surface area contributed by atoms with Gasteiger partial charge in [-0.25, -0.2) is 0 Å². The molecule has 0 radical (unpaired) electrons. The van der Waals surface area contributed by atoms with Gasteiger partial charge in [0.2, 0.25) is 0 Å². The van der Waals surface area contributed by atoms with E-state index in [1.807, 2.05) is 54.6 Å². The van der Waals surface area contributed by atoms with E-state index in [9.17, 15) is 5.26 Å². The van der Waals surface area contributed by atoms with Gasteiger partial charge in [0.25, 0.3) is 0 Å². The number of rotatable bonds is 2. The van der Waals surface area contributed by atoms with Crippen molar-refractivity contribution in [3.63, 3.8) is 0 Å². The zero-order valence-corrected chi connectivity index (χ0v) is 11.1. The minimum atomic E-state index is 0.683. The van der Waals surface area contributed by atoms with E-state index in [-0.39, 0.29) is 0 Å². The quantitative estimate of drug-likeness (QED) is 0.684. The van der Waals surface area contributed by atoms with Gasteiger partial charge in [-0.05, 0) is 34.5 Å². The van der Waals surface area contributed by atoms with Crippen molar-refractivity contribution in [2.45, 2.75) is 0 Å².